The van der Waals surface area contributed by atoms with Crippen molar-refractivity contribution in [3.63, 3.8) is 0 Å². The zero-order valence-corrected chi connectivity index (χ0v) is 25.7. The van der Waals surface area contributed by atoms with E-state index in [9.17, 15) is 23.2 Å². The Kier molecular flexibility index (Phi) is 11.0. The van der Waals surface area contributed by atoms with Crippen molar-refractivity contribution >= 4 is 28.6 Å². The summed E-state index contributed by atoms with van der Waals surface area (Å²) in [7, 11) is 1.65. The zero-order valence-electron chi connectivity index (χ0n) is 24.9. The fourth-order valence-electron chi connectivity index (χ4n) is 6.25. The van der Waals surface area contributed by atoms with Crippen molar-refractivity contribution < 1.29 is 32.6 Å². The van der Waals surface area contributed by atoms with Crippen LogP contribution in [0.2, 0.25) is 0 Å². The quantitative estimate of drug-likeness (QED) is 0.122. The van der Waals surface area contributed by atoms with Gasteiger partial charge in [0.15, 0.2) is 17.5 Å². The van der Waals surface area contributed by atoms with E-state index in [1.165, 1.54) is 17.3 Å². The third kappa shape index (κ3) is 7.66. The third-order valence-corrected chi connectivity index (χ3v) is 9.84. The normalized spacial score (nSPS) is 17.6. The lowest BCUT2D eigenvalue weighted by atomic mass is 9.73. The number of piperidine rings is 1. The van der Waals surface area contributed by atoms with E-state index in [0.29, 0.717) is 62.8 Å². The maximum Gasteiger partial charge on any atom is 0.249 e. The molecule has 0 atom stereocenters. The number of rotatable bonds is 12. The topological polar surface area (TPSA) is 87.2 Å². The van der Waals surface area contributed by atoms with Crippen LogP contribution in [0.25, 0.3) is 10.9 Å². The maximum atomic E-state index is 13.6. The molecule has 2 fully saturated rings. The van der Waals surface area contributed by atoms with Gasteiger partial charge in [-0.25, -0.2) is 18.7 Å². The molecule has 44 heavy (non-hydrogen) atoms. The molecule has 0 spiro atoms. The average molecular weight is 633 g/mol. The highest BCUT2D eigenvalue weighted by Gasteiger charge is 2.40. The molecular formula is C32H39F3N4O4S. The number of hydroxylamine groups is 1. The van der Waals surface area contributed by atoms with Gasteiger partial charge in [-0.1, -0.05) is 0 Å². The first-order valence-corrected chi connectivity index (χ1v) is 16.0. The fourth-order valence-corrected chi connectivity index (χ4v) is 7.21. The molecule has 8 nitrogen and oxygen atoms in total. The van der Waals surface area contributed by atoms with Gasteiger partial charge in [0.1, 0.15) is 5.75 Å². The second kappa shape index (κ2) is 14.9. The number of nitrogens with zero attached hydrogens (tertiary/aromatic N) is 3. The molecule has 0 saturated carbocycles. The lowest BCUT2D eigenvalue weighted by Crippen LogP contribution is -2.48. The Morgan fingerprint density at radius 1 is 1.09 bits per heavy atom. The van der Waals surface area contributed by atoms with Gasteiger partial charge in [-0.3, -0.25) is 19.9 Å². The number of fused-ring (bicyclic) bond motifs is 1. The highest BCUT2D eigenvalue weighted by molar-refractivity contribution is 7.99. The minimum Gasteiger partial charge on any atom is -0.497 e. The maximum absolute atomic E-state index is 13.6. The Hall–Kier alpha value is -2.90. The van der Waals surface area contributed by atoms with Gasteiger partial charge in [0.25, 0.3) is 0 Å². The monoisotopic (exact) mass is 632 g/mol. The molecule has 1 aromatic heterocycles. The molecule has 2 aliphatic heterocycles. The lowest BCUT2D eigenvalue weighted by molar-refractivity contribution is -0.143. The number of carbonyl (C=O) groups is 1. The van der Waals surface area contributed by atoms with Crippen LogP contribution in [0.1, 0.15) is 36.8 Å². The van der Waals surface area contributed by atoms with Crippen LogP contribution in [-0.2, 0) is 22.5 Å². The molecule has 12 heteroatoms. The number of hydrogen-bond acceptors (Lipinski definition) is 8. The molecule has 0 unspecified atom stereocenters. The number of hydrogen-bond donors (Lipinski definition) is 2. The summed E-state index contributed by atoms with van der Waals surface area (Å²) < 4.78 is 51.4. The van der Waals surface area contributed by atoms with E-state index in [1.54, 1.807) is 7.11 Å². The van der Waals surface area contributed by atoms with Crippen molar-refractivity contribution in [2.45, 2.75) is 43.5 Å². The predicted molar refractivity (Wildman–Crippen MR) is 162 cm³/mol. The number of methoxy groups -OCH3 is 1. The number of benzene rings is 2. The van der Waals surface area contributed by atoms with Crippen LogP contribution in [-0.4, -0.2) is 84.7 Å². The van der Waals surface area contributed by atoms with Gasteiger partial charge >= 0.3 is 0 Å². The number of aromatic nitrogens is 1. The van der Waals surface area contributed by atoms with Gasteiger partial charge in [0.05, 0.1) is 31.3 Å². The SMILES string of the molecule is COc1ccc2ncc(CN3CCOCC3)c(CCCC3(C(=O)NO)CCN(CCSc4cc(F)c(F)c(F)c4)CC3)c2c1. The molecule has 2 aromatic carbocycles. The summed E-state index contributed by atoms with van der Waals surface area (Å²) in [5, 5.41) is 10.7. The van der Waals surface area contributed by atoms with Crippen LogP contribution in [0.3, 0.4) is 0 Å². The number of carbonyl (C=O) groups excluding carboxylic acids is 1. The number of likely N-dealkylation sites (tertiary alicyclic amines) is 1. The zero-order chi connectivity index (χ0) is 31.1. The van der Waals surface area contributed by atoms with Gasteiger partial charge in [0.2, 0.25) is 5.91 Å². The molecule has 2 aliphatic rings. The standard InChI is InChI=1S/C32H39F3N4O4S/c1-42-23-4-5-29-26(17-23)25(22(20-36-29)21-39-11-14-43-15-12-39)3-2-6-32(31(40)37-41)7-9-38(10-8-32)13-16-44-24-18-27(33)30(35)28(34)19-24/h4-5,17-20,41H,2-3,6-16,21H2,1H3,(H,37,40). The van der Waals surface area contributed by atoms with Crippen molar-refractivity contribution in [2.24, 2.45) is 5.41 Å². The summed E-state index contributed by atoms with van der Waals surface area (Å²) in [6.07, 6.45) is 5.22. The molecule has 3 aromatic rings. The molecular weight excluding hydrogens is 593 g/mol. The van der Waals surface area contributed by atoms with E-state index in [4.69, 9.17) is 14.5 Å². The van der Waals surface area contributed by atoms with Gasteiger partial charge in [-0.15, -0.1) is 11.8 Å². The predicted octanol–water partition coefficient (Wildman–Crippen LogP) is 5.20. The minimum atomic E-state index is -1.46. The van der Waals surface area contributed by atoms with Gasteiger partial charge in [0, 0.05) is 48.4 Å². The smallest absolute Gasteiger partial charge is 0.249 e. The summed E-state index contributed by atoms with van der Waals surface area (Å²) >= 11 is 1.26. The van der Waals surface area contributed by atoms with Crippen LogP contribution >= 0.6 is 11.8 Å². The number of amides is 1. The molecule has 238 valence electrons. The Morgan fingerprint density at radius 3 is 2.50 bits per heavy atom. The molecule has 1 amide bonds. The van der Waals surface area contributed by atoms with Crippen molar-refractivity contribution in [1.29, 1.82) is 0 Å². The van der Waals surface area contributed by atoms with Crippen molar-refractivity contribution in [1.82, 2.24) is 20.3 Å². The number of pyridine rings is 1. The number of morpholine rings is 1. The van der Waals surface area contributed by atoms with Gasteiger partial charge in [-0.2, -0.15) is 0 Å². The number of ether oxygens (including phenoxy) is 2. The van der Waals surface area contributed by atoms with Crippen LogP contribution in [0.15, 0.2) is 41.4 Å². The molecule has 3 heterocycles. The average Bonchev–Trinajstić information content (AvgIpc) is 3.05. The summed E-state index contributed by atoms with van der Waals surface area (Å²) in [4.78, 5) is 22.7. The van der Waals surface area contributed by atoms with Gasteiger partial charge < -0.3 is 14.4 Å². The Labute approximate surface area is 259 Å². The number of aryl methyl sites for hydroxylation is 1. The summed E-state index contributed by atoms with van der Waals surface area (Å²) in [5.41, 5.74) is 4.47. The third-order valence-electron chi connectivity index (χ3n) is 8.89. The molecule has 0 radical (unpaired) electrons. The summed E-state index contributed by atoms with van der Waals surface area (Å²) in [6, 6.07) is 7.91. The lowest BCUT2D eigenvalue weighted by Gasteiger charge is -2.40. The van der Waals surface area contributed by atoms with Crippen molar-refractivity contribution in [2.75, 3.05) is 58.8 Å². The van der Waals surface area contributed by atoms with Crippen LogP contribution in [0.5, 0.6) is 5.75 Å². The first-order chi connectivity index (χ1) is 21.3. The second-order valence-corrected chi connectivity index (χ2v) is 12.7. The van der Waals surface area contributed by atoms with Crippen LogP contribution in [0, 0.1) is 22.9 Å². The first-order valence-electron chi connectivity index (χ1n) is 15.0. The van der Waals surface area contributed by atoms with E-state index in [-0.39, 0.29) is 5.91 Å². The molecule has 0 aliphatic carbocycles. The Balaban J connectivity index is 1.23. The summed E-state index contributed by atoms with van der Waals surface area (Å²) in [5.74, 6) is -2.89. The largest absolute Gasteiger partial charge is 0.497 e. The van der Waals surface area contributed by atoms with E-state index in [2.05, 4.69) is 9.80 Å². The Morgan fingerprint density at radius 2 is 1.82 bits per heavy atom. The minimum absolute atomic E-state index is 0.335. The van der Waals surface area contributed by atoms with E-state index in [0.717, 1.165) is 66.8 Å². The molecule has 2 N–H and O–H groups in total. The van der Waals surface area contributed by atoms with E-state index >= 15 is 0 Å². The highest BCUT2D eigenvalue weighted by atomic mass is 32.2. The number of thioether (sulfide) groups is 1. The highest BCUT2D eigenvalue weighted by Crippen LogP contribution is 2.38. The summed E-state index contributed by atoms with van der Waals surface area (Å²) in [6.45, 7) is 5.87. The van der Waals surface area contributed by atoms with E-state index < -0.39 is 22.9 Å². The first kappa shape index (κ1) is 32.5. The van der Waals surface area contributed by atoms with Crippen molar-refractivity contribution in [3.05, 3.63) is 65.1 Å². The molecule has 2 saturated heterocycles. The van der Waals surface area contributed by atoms with Crippen LogP contribution < -0.4 is 10.2 Å². The fraction of sp³-hybridized carbons (Fsp3) is 0.500. The second-order valence-electron chi connectivity index (χ2n) is 11.5. The van der Waals surface area contributed by atoms with Crippen molar-refractivity contribution in [3.8, 4) is 5.75 Å². The van der Waals surface area contributed by atoms with Gasteiger partial charge in [-0.05, 0) is 86.7 Å². The number of halogens is 3. The van der Waals surface area contributed by atoms with E-state index in [1.807, 2.05) is 29.9 Å². The Bertz CT molecular complexity index is 1430. The number of nitrogens with one attached hydrogen (secondary N) is 1. The molecule has 5 rings (SSSR count). The van der Waals surface area contributed by atoms with Crippen LogP contribution in [0.4, 0.5) is 13.2 Å². The molecule has 0 bridgehead atoms.